The Labute approximate surface area is 181 Å². The SMILES string of the molecule is Cc1nc(N2CCC3(CCOC3)CC2)c(C(C)C)c(=O)n1-c1cccc(Cl)c1Cl. The number of benzene rings is 1. The number of piperidine rings is 1. The number of anilines is 1. The summed E-state index contributed by atoms with van der Waals surface area (Å²) in [6.45, 7) is 9.45. The summed E-state index contributed by atoms with van der Waals surface area (Å²) in [5, 5.41) is 0.788. The smallest absolute Gasteiger partial charge is 0.263 e. The summed E-state index contributed by atoms with van der Waals surface area (Å²) in [7, 11) is 0. The van der Waals surface area contributed by atoms with Gasteiger partial charge in [-0.15, -0.1) is 0 Å². The van der Waals surface area contributed by atoms with E-state index < -0.39 is 0 Å². The Morgan fingerprint density at radius 3 is 2.52 bits per heavy atom. The molecule has 0 aliphatic carbocycles. The zero-order valence-electron chi connectivity index (χ0n) is 17.2. The Morgan fingerprint density at radius 1 is 1.17 bits per heavy atom. The minimum Gasteiger partial charge on any atom is -0.381 e. The first-order valence-electron chi connectivity index (χ1n) is 10.2. The van der Waals surface area contributed by atoms with E-state index in [1.165, 1.54) is 0 Å². The predicted molar refractivity (Wildman–Crippen MR) is 118 cm³/mol. The van der Waals surface area contributed by atoms with E-state index in [4.69, 9.17) is 32.9 Å². The number of rotatable bonds is 3. The molecule has 0 N–H and O–H groups in total. The maximum absolute atomic E-state index is 13.6. The molecule has 0 saturated carbocycles. The Balaban J connectivity index is 1.77. The summed E-state index contributed by atoms with van der Waals surface area (Å²) in [4.78, 5) is 20.8. The lowest BCUT2D eigenvalue weighted by molar-refractivity contribution is 0.133. The van der Waals surface area contributed by atoms with Crippen molar-refractivity contribution in [1.82, 2.24) is 9.55 Å². The molecular weight excluding hydrogens is 409 g/mol. The first-order valence-corrected chi connectivity index (χ1v) is 11.0. The minimum absolute atomic E-state index is 0.0421. The summed E-state index contributed by atoms with van der Waals surface area (Å²) >= 11 is 12.6. The van der Waals surface area contributed by atoms with Gasteiger partial charge in [-0.3, -0.25) is 9.36 Å². The Kier molecular flexibility index (Phi) is 5.66. The minimum atomic E-state index is -0.0730. The fourth-order valence-electron chi connectivity index (χ4n) is 4.56. The number of aromatic nitrogens is 2. The second-order valence-electron chi connectivity index (χ2n) is 8.55. The third kappa shape index (κ3) is 3.69. The van der Waals surface area contributed by atoms with Crippen molar-refractivity contribution in [2.45, 2.75) is 46.0 Å². The molecule has 2 fully saturated rings. The maximum atomic E-state index is 13.6. The van der Waals surface area contributed by atoms with Crippen LogP contribution in [0.5, 0.6) is 0 Å². The highest BCUT2D eigenvalue weighted by Crippen LogP contribution is 2.40. The molecule has 0 atom stereocenters. The van der Waals surface area contributed by atoms with Gasteiger partial charge in [0.05, 0.1) is 27.9 Å². The lowest BCUT2D eigenvalue weighted by atomic mass is 9.78. The van der Waals surface area contributed by atoms with Gasteiger partial charge in [0, 0.05) is 19.7 Å². The van der Waals surface area contributed by atoms with Crippen molar-refractivity contribution in [3.8, 4) is 5.69 Å². The van der Waals surface area contributed by atoms with E-state index in [2.05, 4.69) is 4.90 Å². The quantitative estimate of drug-likeness (QED) is 0.681. The van der Waals surface area contributed by atoms with E-state index in [-0.39, 0.29) is 11.5 Å². The van der Waals surface area contributed by atoms with Crippen molar-refractivity contribution in [2.75, 3.05) is 31.2 Å². The molecule has 1 aromatic heterocycles. The lowest BCUT2D eigenvalue weighted by Crippen LogP contribution is -2.42. The predicted octanol–water partition coefficient (Wildman–Crippen LogP) is 4.98. The van der Waals surface area contributed by atoms with Crippen LogP contribution in [0, 0.1) is 12.3 Å². The van der Waals surface area contributed by atoms with E-state index in [0.29, 0.717) is 27.0 Å². The normalized spacial score (nSPS) is 18.8. The number of hydrogen-bond acceptors (Lipinski definition) is 4. The Hall–Kier alpha value is -1.56. The highest BCUT2D eigenvalue weighted by Gasteiger charge is 2.39. The van der Waals surface area contributed by atoms with Crippen LogP contribution >= 0.6 is 23.2 Å². The molecule has 156 valence electrons. The zero-order valence-corrected chi connectivity index (χ0v) is 18.7. The molecular formula is C22H27Cl2N3O2. The highest BCUT2D eigenvalue weighted by molar-refractivity contribution is 6.43. The van der Waals surface area contributed by atoms with Crippen molar-refractivity contribution in [3.05, 3.63) is 50.0 Å². The van der Waals surface area contributed by atoms with Gasteiger partial charge in [0.2, 0.25) is 0 Å². The summed E-state index contributed by atoms with van der Waals surface area (Å²) in [5.74, 6) is 1.47. The molecule has 2 saturated heterocycles. The number of ether oxygens (including phenoxy) is 1. The molecule has 1 aromatic carbocycles. The van der Waals surface area contributed by atoms with Crippen molar-refractivity contribution in [3.63, 3.8) is 0 Å². The number of hydrogen-bond donors (Lipinski definition) is 0. The third-order valence-corrected chi connectivity index (χ3v) is 7.13. The van der Waals surface area contributed by atoms with Crippen molar-refractivity contribution in [2.24, 2.45) is 5.41 Å². The number of aryl methyl sites for hydroxylation is 1. The summed E-state index contributed by atoms with van der Waals surface area (Å²) in [6.07, 6.45) is 3.29. The monoisotopic (exact) mass is 435 g/mol. The van der Waals surface area contributed by atoms with Gasteiger partial charge in [0.1, 0.15) is 11.6 Å². The highest BCUT2D eigenvalue weighted by atomic mass is 35.5. The van der Waals surface area contributed by atoms with Crippen LogP contribution in [-0.2, 0) is 4.74 Å². The molecule has 3 heterocycles. The number of nitrogens with zero attached hydrogens (tertiary/aromatic N) is 3. The molecule has 2 aromatic rings. The topological polar surface area (TPSA) is 47.4 Å². The molecule has 4 rings (SSSR count). The van der Waals surface area contributed by atoms with Crippen LogP contribution in [0.15, 0.2) is 23.0 Å². The first kappa shape index (κ1) is 20.7. The molecule has 0 radical (unpaired) electrons. The van der Waals surface area contributed by atoms with Gasteiger partial charge in [-0.2, -0.15) is 0 Å². The van der Waals surface area contributed by atoms with Gasteiger partial charge in [-0.1, -0.05) is 43.1 Å². The van der Waals surface area contributed by atoms with Crippen LogP contribution in [0.25, 0.3) is 5.69 Å². The van der Waals surface area contributed by atoms with Crippen molar-refractivity contribution >= 4 is 29.0 Å². The van der Waals surface area contributed by atoms with Crippen LogP contribution < -0.4 is 10.5 Å². The zero-order chi connectivity index (χ0) is 20.8. The second kappa shape index (κ2) is 7.93. The van der Waals surface area contributed by atoms with Crippen molar-refractivity contribution < 1.29 is 4.74 Å². The van der Waals surface area contributed by atoms with Crippen LogP contribution in [0.4, 0.5) is 5.82 Å². The van der Waals surface area contributed by atoms with E-state index in [1.807, 2.05) is 20.8 Å². The van der Waals surface area contributed by atoms with Gasteiger partial charge in [0.25, 0.3) is 5.56 Å². The van der Waals surface area contributed by atoms with Crippen LogP contribution in [0.3, 0.4) is 0 Å². The lowest BCUT2D eigenvalue weighted by Gasteiger charge is -2.39. The van der Waals surface area contributed by atoms with Crippen molar-refractivity contribution in [1.29, 1.82) is 0 Å². The summed E-state index contributed by atoms with van der Waals surface area (Å²) < 4.78 is 7.24. The molecule has 2 aliphatic rings. The Bertz CT molecular complexity index is 971. The molecule has 0 bridgehead atoms. The van der Waals surface area contributed by atoms with Gasteiger partial charge < -0.3 is 9.64 Å². The summed E-state index contributed by atoms with van der Waals surface area (Å²) in [6, 6.07) is 5.32. The van der Waals surface area contributed by atoms with Crippen LogP contribution in [0.1, 0.15) is 50.4 Å². The fraction of sp³-hybridized carbons (Fsp3) is 0.545. The molecule has 2 aliphatic heterocycles. The average Bonchev–Trinajstić information content (AvgIpc) is 3.13. The van der Waals surface area contributed by atoms with Crippen LogP contribution in [-0.4, -0.2) is 35.9 Å². The van der Waals surface area contributed by atoms with Crippen LogP contribution in [0.2, 0.25) is 10.0 Å². The molecule has 0 unspecified atom stereocenters. The molecule has 7 heteroatoms. The van der Waals surface area contributed by atoms with E-state index in [0.717, 1.165) is 56.9 Å². The maximum Gasteiger partial charge on any atom is 0.263 e. The molecule has 29 heavy (non-hydrogen) atoms. The van der Waals surface area contributed by atoms with Gasteiger partial charge in [-0.25, -0.2) is 4.98 Å². The van der Waals surface area contributed by atoms with E-state index >= 15 is 0 Å². The second-order valence-corrected chi connectivity index (χ2v) is 9.34. The molecule has 0 amide bonds. The first-order chi connectivity index (χ1) is 13.8. The molecule has 5 nitrogen and oxygen atoms in total. The van der Waals surface area contributed by atoms with E-state index in [9.17, 15) is 4.79 Å². The fourth-order valence-corrected chi connectivity index (χ4v) is 4.94. The largest absolute Gasteiger partial charge is 0.381 e. The van der Waals surface area contributed by atoms with Gasteiger partial charge in [-0.05, 0) is 49.7 Å². The average molecular weight is 436 g/mol. The standard InChI is InChI=1S/C22H27Cl2N3O2/c1-14(2)18-20(26-10-7-22(8-11-26)9-12-29-13-22)25-15(3)27(21(18)28)17-6-4-5-16(23)19(17)24/h4-6,14H,7-13H2,1-3H3. The van der Waals surface area contributed by atoms with E-state index in [1.54, 1.807) is 22.8 Å². The third-order valence-electron chi connectivity index (χ3n) is 6.32. The summed E-state index contributed by atoms with van der Waals surface area (Å²) in [5.41, 5.74) is 1.54. The molecule has 1 spiro atoms. The Morgan fingerprint density at radius 2 is 1.90 bits per heavy atom. The van der Waals surface area contributed by atoms with Gasteiger partial charge >= 0.3 is 0 Å². The number of halogens is 2. The van der Waals surface area contributed by atoms with Gasteiger partial charge in [0.15, 0.2) is 0 Å².